The molecule has 6 nitrogen and oxygen atoms in total. The molecule has 0 saturated heterocycles. The second-order valence-corrected chi connectivity index (χ2v) is 4.24. The van der Waals surface area contributed by atoms with E-state index in [2.05, 4.69) is 15.3 Å². The van der Waals surface area contributed by atoms with Crippen molar-refractivity contribution in [3.05, 3.63) is 28.4 Å². The molecule has 0 fully saturated rings. The Morgan fingerprint density at radius 1 is 1.56 bits per heavy atom. The average Bonchev–Trinajstić information content (AvgIpc) is 2.12. The molecule has 1 aromatic rings. The van der Waals surface area contributed by atoms with E-state index in [0.717, 1.165) is 0 Å². The van der Waals surface area contributed by atoms with Crippen molar-refractivity contribution >= 4 is 6.09 Å². The maximum absolute atomic E-state index is 11.3. The van der Waals surface area contributed by atoms with E-state index in [1.807, 2.05) is 0 Å². The lowest BCUT2D eigenvalue weighted by molar-refractivity contribution is 0.0522. The van der Waals surface area contributed by atoms with E-state index >= 15 is 0 Å². The second-order valence-electron chi connectivity index (χ2n) is 4.24. The van der Waals surface area contributed by atoms with E-state index < -0.39 is 11.7 Å². The Morgan fingerprint density at radius 3 is 2.81 bits per heavy atom. The van der Waals surface area contributed by atoms with Crippen LogP contribution in [0.5, 0.6) is 0 Å². The lowest BCUT2D eigenvalue weighted by atomic mass is 10.2. The van der Waals surface area contributed by atoms with Crippen molar-refractivity contribution in [1.82, 2.24) is 15.3 Å². The Hall–Kier alpha value is -1.85. The third-order valence-corrected chi connectivity index (χ3v) is 1.52. The summed E-state index contributed by atoms with van der Waals surface area (Å²) >= 11 is 0. The van der Waals surface area contributed by atoms with E-state index in [9.17, 15) is 9.59 Å². The Balaban J connectivity index is 2.46. The first-order chi connectivity index (χ1) is 7.37. The van der Waals surface area contributed by atoms with Crippen LogP contribution in [0.3, 0.4) is 0 Å². The van der Waals surface area contributed by atoms with Gasteiger partial charge < -0.3 is 15.0 Å². The van der Waals surface area contributed by atoms with E-state index in [4.69, 9.17) is 4.74 Å². The number of ether oxygens (including phenoxy) is 1. The van der Waals surface area contributed by atoms with Gasteiger partial charge in [-0.15, -0.1) is 0 Å². The molecular weight excluding hydrogens is 210 g/mol. The Morgan fingerprint density at radius 2 is 2.25 bits per heavy atom. The minimum absolute atomic E-state index is 0.130. The molecule has 1 aromatic heterocycles. The predicted octanol–water partition coefficient (Wildman–Crippen LogP) is 0.795. The number of hydrogen-bond acceptors (Lipinski definition) is 4. The van der Waals surface area contributed by atoms with Gasteiger partial charge >= 0.3 is 6.09 Å². The Bertz CT molecular complexity index is 420. The Labute approximate surface area is 93.0 Å². The highest BCUT2D eigenvalue weighted by molar-refractivity contribution is 5.67. The number of aromatic amines is 1. The van der Waals surface area contributed by atoms with Gasteiger partial charge in [0, 0.05) is 12.3 Å². The fraction of sp³-hybridized carbons (Fsp3) is 0.500. The highest BCUT2D eigenvalue weighted by Gasteiger charge is 2.15. The number of carbonyl (C=O) groups excluding carboxylic acids is 1. The number of alkyl carbamates (subject to hydrolysis) is 1. The first-order valence-electron chi connectivity index (χ1n) is 4.88. The van der Waals surface area contributed by atoms with Crippen LogP contribution in [-0.2, 0) is 11.3 Å². The SMILES string of the molecule is CC(C)(C)OC(=O)NCc1nccc(=O)[nH]1. The summed E-state index contributed by atoms with van der Waals surface area (Å²) in [4.78, 5) is 28.6. The lowest BCUT2D eigenvalue weighted by Crippen LogP contribution is -2.32. The number of rotatable bonds is 2. The van der Waals surface area contributed by atoms with Crippen LogP contribution in [0.25, 0.3) is 0 Å². The summed E-state index contributed by atoms with van der Waals surface area (Å²) in [6, 6.07) is 1.30. The fourth-order valence-electron chi connectivity index (χ4n) is 0.971. The highest BCUT2D eigenvalue weighted by atomic mass is 16.6. The van der Waals surface area contributed by atoms with Gasteiger partial charge in [-0.1, -0.05) is 0 Å². The number of amides is 1. The monoisotopic (exact) mass is 225 g/mol. The van der Waals surface area contributed by atoms with Crippen LogP contribution in [0.4, 0.5) is 4.79 Å². The molecule has 0 atom stereocenters. The third kappa shape index (κ3) is 4.59. The van der Waals surface area contributed by atoms with Gasteiger partial charge in [0.05, 0.1) is 6.54 Å². The first kappa shape index (κ1) is 12.2. The molecule has 6 heteroatoms. The van der Waals surface area contributed by atoms with Gasteiger partial charge in [-0.25, -0.2) is 9.78 Å². The number of H-pyrrole nitrogens is 1. The van der Waals surface area contributed by atoms with Crippen LogP contribution in [0.15, 0.2) is 17.1 Å². The van der Waals surface area contributed by atoms with Crippen molar-refractivity contribution in [3.63, 3.8) is 0 Å². The number of aromatic nitrogens is 2. The van der Waals surface area contributed by atoms with Crippen LogP contribution in [0, 0.1) is 0 Å². The zero-order valence-corrected chi connectivity index (χ0v) is 9.53. The minimum Gasteiger partial charge on any atom is -0.444 e. The summed E-state index contributed by atoms with van der Waals surface area (Å²) in [5.41, 5.74) is -0.794. The van der Waals surface area contributed by atoms with Crippen LogP contribution >= 0.6 is 0 Å². The number of hydrogen-bond donors (Lipinski definition) is 2. The van der Waals surface area contributed by atoms with Gasteiger partial charge in [0.2, 0.25) is 0 Å². The standard InChI is InChI=1S/C10H15N3O3/c1-10(2,3)16-9(15)12-6-7-11-5-4-8(14)13-7/h4-5H,6H2,1-3H3,(H,12,15)(H,11,13,14). The molecule has 2 N–H and O–H groups in total. The van der Waals surface area contributed by atoms with E-state index in [-0.39, 0.29) is 12.1 Å². The predicted molar refractivity (Wildman–Crippen MR) is 57.9 cm³/mol. The van der Waals surface area contributed by atoms with Crippen LogP contribution in [0.2, 0.25) is 0 Å². The topological polar surface area (TPSA) is 84.1 Å². The quantitative estimate of drug-likeness (QED) is 0.779. The molecule has 0 bridgehead atoms. The van der Waals surface area contributed by atoms with Crippen molar-refractivity contribution in [3.8, 4) is 0 Å². The van der Waals surface area contributed by atoms with Crippen LogP contribution < -0.4 is 10.9 Å². The van der Waals surface area contributed by atoms with Gasteiger partial charge in [-0.3, -0.25) is 4.79 Å². The van der Waals surface area contributed by atoms with E-state index in [1.54, 1.807) is 20.8 Å². The summed E-state index contributed by atoms with van der Waals surface area (Å²) in [5.74, 6) is 0.387. The molecule has 0 radical (unpaired) electrons. The van der Waals surface area contributed by atoms with Gasteiger partial charge in [-0.05, 0) is 20.8 Å². The van der Waals surface area contributed by atoms with Gasteiger partial charge in [0.1, 0.15) is 11.4 Å². The summed E-state index contributed by atoms with van der Waals surface area (Å²) in [6.45, 7) is 5.45. The first-order valence-corrected chi connectivity index (χ1v) is 4.88. The zero-order valence-electron chi connectivity index (χ0n) is 9.53. The summed E-state index contributed by atoms with van der Waals surface area (Å²) in [6.07, 6.45) is 0.837. The molecule has 88 valence electrons. The van der Waals surface area contributed by atoms with Crippen molar-refractivity contribution in [2.24, 2.45) is 0 Å². The molecule has 0 aromatic carbocycles. The molecule has 1 heterocycles. The van der Waals surface area contributed by atoms with Gasteiger partial charge in [0.15, 0.2) is 0 Å². The lowest BCUT2D eigenvalue weighted by Gasteiger charge is -2.19. The largest absolute Gasteiger partial charge is 0.444 e. The molecule has 0 spiro atoms. The molecule has 0 saturated carbocycles. The van der Waals surface area contributed by atoms with Crippen LogP contribution in [0.1, 0.15) is 26.6 Å². The van der Waals surface area contributed by atoms with Gasteiger partial charge in [-0.2, -0.15) is 0 Å². The molecule has 0 aliphatic carbocycles. The molecule has 16 heavy (non-hydrogen) atoms. The van der Waals surface area contributed by atoms with E-state index in [1.165, 1.54) is 12.3 Å². The summed E-state index contributed by atoms with van der Waals surface area (Å²) in [5, 5.41) is 2.49. The molecule has 1 amide bonds. The number of nitrogens with one attached hydrogen (secondary N) is 2. The normalized spacial score (nSPS) is 10.9. The zero-order chi connectivity index (χ0) is 12.2. The van der Waals surface area contributed by atoms with Crippen molar-refractivity contribution in [2.75, 3.05) is 0 Å². The maximum Gasteiger partial charge on any atom is 0.408 e. The Kier molecular flexibility index (Phi) is 3.65. The highest BCUT2D eigenvalue weighted by Crippen LogP contribution is 2.06. The third-order valence-electron chi connectivity index (χ3n) is 1.52. The summed E-state index contributed by atoms with van der Waals surface area (Å²) < 4.78 is 5.02. The number of nitrogens with zero attached hydrogens (tertiary/aromatic N) is 1. The average molecular weight is 225 g/mol. The molecule has 0 aliphatic heterocycles. The minimum atomic E-state index is -0.543. The van der Waals surface area contributed by atoms with E-state index in [0.29, 0.717) is 5.82 Å². The summed E-state index contributed by atoms with van der Waals surface area (Å²) in [7, 11) is 0. The molecule has 0 unspecified atom stereocenters. The second kappa shape index (κ2) is 4.78. The molecule has 0 aliphatic rings. The maximum atomic E-state index is 11.3. The number of carbonyl (C=O) groups is 1. The van der Waals surface area contributed by atoms with Crippen LogP contribution in [-0.4, -0.2) is 21.7 Å². The smallest absolute Gasteiger partial charge is 0.408 e. The van der Waals surface area contributed by atoms with Crippen molar-refractivity contribution < 1.29 is 9.53 Å². The molecular formula is C10H15N3O3. The van der Waals surface area contributed by atoms with Crippen molar-refractivity contribution in [2.45, 2.75) is 32.9 Å². The van der Waals surface area contributed by atoms with Crippen molar-refractivity contribution in [1.29, 1.82) is 0 Å². The van der Waals surface area contributed by atoms with Gasteiger partial charge in [0.25, 0.3) is 5.56 Å². The fourth-order valence-corrected chi connectivity index (χ4v) is 0.971. The molecule has 1 rings (SSSR count).